The lowest BCUT2D eigenvalue weighted by Crippen LogP contribution is -2.10. The van der Waals surface area contributed by atoms with E-state index in [2.05, 4.69) is 39.0 Å². The van der Waals surface area contributed by atoms with E-state index in [1.54, 1.807) is 6.26 Å². The van der Waals surface area contributed by atoms with Crippen LogP contribution in [0.2, 0.25) is 0 Å². The molecule has 2 rings (SSSR count). The zero-order chi connectivity index (χ0) is 9.47. The minimum absolute atomic E-state index is 0.130. The summed E-state index contributed by atoms with van der Waals surface area (Å²) in [5, 5.41) is 1.06. The Hall–Kier alpha value is -1.24. The molecule has 0 bridgehead atoms. The topological polar surface area (TPSA) is 13.1 Å². The highest BCUT2D eigenvalue weighted by Gasteiger charge is 2.17. The largest absolute Gasteiger partial charge is 0.463 e. The second kappa shape index (κ2) is 2.63. The molecule has 0 spiro atoms. The van der Waals surface area contributed by atoms with Crippen LogP contribution in [-0.4, -0.2) is 0 Å². The van der Waals surface area contributed by atoms with E-state index in [-0.39, 0.29) is 5.41 Å². The number of furan rings is 1. The Morgan fingerprint density at radius 2 is 2.00 bits per heavy atom. The van der Waals surface area contributed by atoms with Crippen LogP contribution < -0.4 is 0 Å². The molecule has 1 radical (unpaired) electrons. The SMILES string of the molecule is CC(C)(C)c1cccc2[c]coc12. The predicted octanol–water partition coefficient (Wildman–Crippen LogP) is 3.53. The van der Waals surface area contributed by atoms with Crippen LogP contribution in [0.15, 0.2) is 28.9 Å². The van der Waals surface area contributed by atoms with Gasteiger partial charge in [-0.05, 0) is 5.41 Å². The van der Waals surface area contributed by atoms with E-state index in [1.165, 1.54) is 5.56 Å². The van der Waals surface area contributed by atoms with Crippen LogP contribution in [0.5, 0.6) is 0 Å². The van der Waals surface area contributed by atoms with Gasteiger partial charge < -0.3 is 4.42 Å². The van der Waals surface area contributed by atoms with E-state index in [9.17, 15) is 0 Å². The van der Waals surface area contributed by atoms with Gasteiger partial charge in [-0.2, -0.15) is 0 Å². The van der Waals surface area contributed by atoms with E-state index in [4.69, 9.17) is 4.42 Å². The second-order valence-corrected chi connectivity index (χ2v) is 4.31. The molecule has 0 unspecified atom stereocenters. The third kappa shape index (κ3) is 1.35. The Balaban J connectivity index is 2.75. The van der Waals surface area contributed by atoms with E-state index >= 15 is 0 Å². The minimum Gasteiger partial charge on any atom is -0.463 e. The first-order chi connectivity index (χ1) is 6.09. The van der Waals surface area contributed by atoms with Gasteiger partial charge in [-0.1, -0.05) is 39.0 Å². The molecule has 1 nitrogen and oxygen atoms in total. The Labute approximate surface area is 78.4 Å². The average Bonchev–Trinajstić information content (AvgIpc) is 2.48. The third-order valence-electron chi connectivity index (χ3n) is 2.21. The van der Waals surface area contributed by atoms with Crippen LogP contribution >= 0.6 is 0 Å². The first-order valence-corrected chi connectivity index (χ1v) is 4.47. The monoisotopic (exact) mass is 173 g/mol. The molecule has 0 saturated carbocycles. The molecule has 1 heteroatoms. The second-order valence-electron chi connectivity index (χ2n) is 4.31. The maximum absolute atomic E-state index is 5.42. The quantitative estimate of drug-likeness (QED) is 0.594. The standard InChI is InChI=1S/C12H13O/c1-12(2,3)10-6-4-5-9-7-8-13-11(9)10/h4-6,8H,1-3H3. The van der Waals surface area contributed by atoms with Crippen molar-refractivity contribution in [3.63, 3.8) is 0 Å². The highest BCUT2D eigenvalue weighted by Crippen LogP contribution is 2.29. The molecule has 0 amide bonds. The van der Waals surface area contributed by atoms with Crippen molar-refractivity contribution in [3.05, 3.63) is 36.1 Å². The lowest BCUT2D eigenvalue weighted by atomic mass is 9.86. The summed E-state index contributed by atoms with van der Waals surface area (Å²) < 4.78 is 5.42. The molecule has 0 aliphatic carbocycles. The first-order valence-electron chi connectivity index (χ1n) is 4.47. The van der Waals surface area contributed by atoms with Gasteiger partial charge in [0.1, 0.15) is 5.58 Å². The van der Waals surface area contributed by atoms with Crippen molar-refractivity contribution in [3.8, 4) is 0 Å². The lowest BCUT2D eigenvalue weighted by molar-refractivity contribution is 0.558. The number of hydrogen-bond donors (Lipinski definition) is 0. The van der Waals surface area contributed by atoms with Crippen molar-refractivity contribution in [2.45, 2.75) is 26.2 Å². The van der Waals surface area contributed by atoms with Gasteiger partial charge in [-0.3, -0.25) is 0 Å². The normalized spacial score (nSPS) is 12.2. The van der Waals surface area contributed by atoms with Crippen LogP contribution in [0.1, 0.15) is 26.3 Å². The van der Waals surface area contributed by atoms with Crippen LogP contribution in [-0.2, 0) is 5.41 Å². The van der Waals surface area contributed by atoms with E-state index in [0.717, 1.165) is 11.0 Å². The zero-order valence-electron chi connectivity index (χ0n) is 8.22. The van der Waals surface area contributed by atoms with E-state index in [1.807, 2.05) is 6.07 Å². The van der Waals surface area contributed by atoms with Gasteiger partial charge >= 0.3 is 0 Å². The number of benzene rings is 1. The van der Waals surface area contributed by atoms with Crippen molar-refractivity contribution in [2.75, 3.05) is 0 Å². The number of hydrogen-bond acceptors (Lipinski definition) is 1. The molecule has 67 valence electrons. The van der Waals surface area contributed by atoms with E-state index < -0.39 is 0 Å². The van der Waals surface area contributed by atoms with Gasteiger partial charge in [0.05, 0.1) is 6.26 Å². The van der Waals surface area contributed by atoms with Gasteiger partial charge in [0.25, 0.3) is 0 Å². The van der Waals surface area contributed by atoms with Crippen LogP contribution in [0.25, 0.3) is 11.0 Å². The van der Waals surface area contributed by atoms with Crippen LogP contribution in [0.3, 0.4) is 0 Å². The van der Waals surface area contributed by atoms with Crippen molar-refractivity contribution in [2.24, 2.45) is 0 Å². The zero-order valence-corrected chi connectivity index (χ0v) is 8.22. The highest BCUT2D eigenvalue weighted by molar-refractivity contribution is 5.80. The maximum Gasteiger partial charge on any atom is 0.138 e. The number of fused-ring (bicyclic) bond motifs is 1. The summed E-state index contributed by atoms with van der Waals surface area (Å²) in [5.74, 6) is 0. The molecule has 1 aromatic heterocycles. The fourth-order valence-electron chi connectivity index (χ4n) is 1.52. The molecular formula is C12H13O. The fourth-order valence-corrected chi connectivity index (χ4v) is 1.52. The molecule has 0 atom stereocenters. The molecule has 1 aromatic carbocycles. The Morgan fingerprint density at radius 3 is 2.69 bits per heavy atom. The summed E-state index contributed by atoms with van der Waals surface area (Å²) in [7, 11) is 0. The molecule has 0 fully saturated rings. The summed E-state index contributed by atoms with van der Waals surface area (Å²) in [5.41, 5.74) is 2.34. The molecule has 0 N–H and O–H groups in total. The van der Waals surface area contributed by atoms with Crippen molar-refractivity contribution >= 4 is 11.0 Å². The maximum atomic E-state index is 5.42. The Morgan fingerprint density at radius 1 is 1.23 bits per heavy atom. The van der Waals surface area contributed by atoms with E-state index in [0.29, 0.717) is 0 Å². The smallest absolute Gasteiger partial charge is 0.138 e. The summed E-state index contributed by atoms with van der Waals surface area (Å²) in [4.78, 5) is 0. The molecule has 2 aromatic rings. The van der Waals surface area contributed by atoms with Gasteiger partial charge in [0.15, 0.2) is 0 Å². The van der Waals surface area contributed by atoms with Gasteiger partial charge in [-0.25, -0.2) is 0 Å². The molecule has 0 aliphatic heterocycles. The lowest BCUT2D eigenvalue weighted by Gasteiger charge is -2.18. The molecule has 0 saturated heterocycles. The summed E-state index contributed by atoms with van der Waals surface area (Å²) in [6.45, 7) is 6.55. The molecule has 13 heavy (non-hydrogen) atoms. The minimum atomic E-state index is 0.130. The third-order valence-corrected chi connectivity index (χ3v) is 2.21. The fraction of sp³-hybridized carbons (Fsp3) is 0.333. The van der Waals surface area contributed by atoms with Gasteiger partial charge in [-0.15, -0.1) is 0 Å². The molecule has 0 aliphatic rings. The Kier molecular flexibility index (Phi) is 1.69. The summed E-state index contributed by atoms with van der Waals surface area (Å²) in [6, 6.07) is 9.25. The van der Waals surface area contributed by atoms with Crippen molar-refractivity contribution < 1.29 is 4.42 Å². The van der Waals surface area contributed by atoms with Crippen LogP contribution in [0.4, 0.5) is 0 Å². The average molecular weight is 173 g/mol. The van der Waals surface area contributed by atoms with Crippen molar-refractivity contribution in [1.29, 1.82) is 0 Å². The number of rotatable bonds is 0. The van der Waals surface area contributed by atoms with Crippen molar-refractivity contribution in [1.82, 2.24) is 0 Å². The van der Waals surface area contributed by atoms with Crippen LogP contribution in [0, 0.1) is 6.07 Å². The highest BCUT2D eigenvalue weighted by atomic mass is 16.3. The number of para-hydroxylation sites is 1. The predicted molar refractivity (Wildman–Crippen MR) is 53.8 cm³/mol. The molecular weight excluding hydrogens is 160 g/mol. The van der Waals surface area contributed by atoms with Gasteiger partial charge in [0, 0.05) is 17.0 Å². The summed E-state index contributed by atoms with van der Waals surface area (Å²) in [6.07, 6.45) is 1.62. The van der Waals surface area contributed by atoms with Gasteiger partial charge in [0.2, 0.25) is 0 Å². The Bertz CT molecular complexity index is 418. The summed E-state index contributed by atoms with van der Waals surface area (Å²) >= 11 is 0. The molecule has 1 heterocycles. The first kappa shape index (κ1) is 8.36.